The van der Waals surface area contributed by atoms with Crippen molar-refractivity contribution in [2.45, 2.75) is 46.3 Å². The van der Waals surface area contributed by atoms with E-state index < -0.39 is 23.5 Å². The molecule has 1 amide bonds. The average molecular weight is 507 g/mol. The normalized spacial score (nSPS) is 17.0. The Hall–Kier alpha value is -3.58. The zero-order valence-corrected chi connectivity index (χ0v) is 22.3. The summed E-state index contributed by atoms with van der Waals surface area (Å²) >= 11 is 0. The molecule has 2 aromatic rings. The van der Waals surface area contributed by atoms with Crippen LogP contribution in [0.1, 0.15) is 51.3 Å². The largest absolute Gasteiger partial charge is 0.872 e. The highest BCUT2D eigenvalue weighted by atomic mass is 16.5. The summed E-state index contributed by atoms with van der Waals surface area (Å²) in [6.07, 6.45) is 2.36. The number of likely N-dealkylation sites (tertiary alicyclic amines) is 1. The van der Waals surface area contributed by atoms with Crippen LogP contribution < -0.4 is 19.5 Å². The summed E-state index contributed by atoms with van der Waals surface area (Å²) in [6.45, 7) is 15.3. The molecule has 1 heterocycles. The number of nitrogens with one attached hydrogen (secondary N) is 1. The van der Waals surface area contributed by atoms with E-state index in [1.807, 2.05) is 19.9 Å². The Morgan fingerprint density at radius 3 is 2.43 bits per heavy atom. The molecule has 1 atom stereocenters. The summed E-state index contributed by atoms with van der Waals surface area (Å²) in [5.74, 6) is -0.618. The quantitative estimate of drug-likeness (QED) is 0.195. The number of quaternary nitrogens is 1. The molecule has 0 bridgehead atoms. The van der Waals surface area contributed by atoms with Gasteiger partial charge in [-0.25, -0.2) is 0 Å². The molecule has 0 saturated carbocycles. The number of benzene rings is 2. The number of hydrogen-bond donors (Lipinski definition) is 1. The van der Waals surface area contributed by atoms with Crippen LogP contribution in [0.15, 0.2) is 66.8 Å². The Kier molecular flexibility index (Phi) is 9.92. The lowest BCUT2D eigenvalue weighted by molar-refractivity contribution is -0.896. The SMILES string of the molecule is C=CCOc1cccc(C2C(=C([O-])c3ccc(OC(C)C)cc3)C(=O)C(=O)N2CCC[NH+](CC)CC)c1. The second-order valence-corrected chi connectivity index (χ2v) is 9.40. The predicted molar refractivity (Wildman–Crippen MR) is 142 cm³/mol. The zero-order chi connectivity index (χ0) is 26.9. The van der Waals surface area contributed by atoms with Gasteiger partial charge in [0.2, 0.25) is 5.78 Å². The molecule has 198 valence electrons. The van der Waals surface area contributed by atoms with Crippen molar-refractivity contribution in [3.63, 3.8) is 0 Å². The molecule has 1 unspecified atom stereocenters. The first-order valence-electron chi connectivity index (χ1n) is 13.0. The Labute approximate surface area is 220 Å². The molecule has 0 radical (unpaired) electrons. The molecule has 7 heteroatoms. The van der Waals surface area contributed by atoms with Gasteiger partial charge in [-0.05, 0) is 63.1 Å². The summed E-state index contributed by atoms with van der Waals surface area (Å²) in [5.41, 5.74) is 0.975. The third-order valence-corrected chi connectivity index (χ3v) is 6.49. The molecular formula is C30H38N2O5. The van der Waals surface area contributed by atoms with Gasteiger partial charge in [0, 0.05) is 18.5 Å². The maximum Gasteiger partial charge on any atom is 0.295 e. The van der Waals surface area contributed by atoms with Crippen LogP contribution in [0.3, 0.4) is 0 Å². The third-order valence-electron chi connectivity index (χ3n) is 6.49. The van der Waals surface area contributed by atoms with Crippen LogP contribution in [0.2, 0.25) is 0 Å². The van der Waals surface area contributed by atoms with Gasteiger partial charge in [-0.3, -0.25) is 9.59 Å². The van der Waals surface area contributed by atoms with Gasteiger partial charge in [0.15, 0.2) is 0 Å². The van der Waals surface area contributed by atoms with Crippen LogP contribution in [-0.2, 0) is 9.59 Å². The minimum atomic E-state index is -0.780. The first-order chi connectivity index (χ1) is 17.8. The van der Waals surface area contributed by atoms with Gasteiger partial charge >= 0.3 is 0 Å². The third kappa shape index (κ3) is 6.80. The minimum absolute atomic E-state index is 0.00309. The maximum atomic E-state index is 13.7. The highest BCUT2D eigenvalue weighted by Crippen LogP contribution is 2.39. The average Bonchev–Trinajstić information content (AvgIpc) is 3.15. The lowest BCUT2D eigenvalue weighted by Crippen LogP contribution is -3.11. The minimum Gasteiger partial charge on any atom is -0.872 e. The highest BCUT2D eigenvalue weighted by molar-refractivity contribution is 6.46. The summed E-state index contributed by atoms with van der Waals surface area (Å²) in [6, 6.07) is 13.1. The lowest BCUT2D eigenvalue weighted by atomic mass is 9.95. The van der Waals surface area contributed by atoms with Gasteiger partial charge in [0.25, 0.3) is 5.91 Å². The molecule has 1 saturated heterocycles. The number of carbonyl (C=O) groups is 2. The molecule has 1 N–H and O–H groups in total. The van der Waals surface area contributed by atoms with Crippen molar-refractivity contribution in [1.82, 2.24) is 4.90 Å². The summed E-state index contributed by atoms with van der Waals surface area (Å²) in [4.78, 5) is 29.4. The van der Waals surface area contributed by atoms with Crippen molar-refractivity contribution in [3.05, 3.63) is 77.9 Å². The van der Waals surface area contributed by atoms with E-state index in [4.69, 9.17) is 9.47 Å². The Morgan fingerprint density at radius 1 is 1.11 bits per heavy atom. The van der Waals surface area contributed by atoms with Crippen molar-refractivity contribution in [2.75, 3.05) is 32.8 Å². The monoisotopic (exact) mass is 506 g/mol. The first kappa shape index (κ1) is 28.0. The second kappa shape index (κ2) is 13.1. The van der Waals surface area contributed by atoms with Crippen LogP contribution >= 0.6 is 0 Å². The smallest absolute Gasteiger partial charge is 0.295 e. The van der Waals surface area contributed by atoms with E-state index in [2.05, 4.69) is 20.4 Å². The summed E-state index contributed by atoms with van der Waals surface area (Å²) in [5, 5.41) is 13.7. The lowest BCUT2D eigenvalue weighted by Gasteiger charge is -2.28. The van der Waals surface area contributed by atoms with E-state index in [1.54, 1.807) is 53.4 Å². The first-order valence-corrected chi connectivity index (χ1v) is 13.0. The van der Waals surface area contributed by atoms with E-state index in [-0.39, 0.29) is 11.7 Å². The Morgan fingerprint density at radius 2 is 1.81 bits per heavy atom. The van der Waals surface area contributed by atoms with Crippen LogP contribution in [0.4, 0.5) is 0 Å². The number of carbonyl (C=O) groups excluding carboxylic acids is 2. The second-order valence-electron chi connectivity index (χ2n) is 9.40. The Balaban J connectivity index is 2.02. The van der Waals surface area contributed by atoms with Crippen LogP contribution in [0, 0.1) is 0 Å². The molecule has 0 aliphatic carbocycles. The molecule has 2 aromatic carbocycles. The number of nitrogens with zero attached hydrogens (tertiary/aromatic N) is 1. The van der Waals surface area contributed by atoms with E-state index in [0.717, 1.165) is 26.1 Å². The number of rotatable bonds is 13. The number of amides is 1. The van der Waals surface area contributed by atoms with Crippen LogP contribution in [-0.4, -0.2) is 55.5 Å². The maximum absolute atomic E-state index is 13.7. The predicted octanol–water partition coefficient (Wildman–Crippen LogP) is 2.58. The van der Waals surface area contributed by atoms with E-state index in [1.165, 1.54) is 4.90 Å². The van der Waals surface area contributed by atoms with Crippen molar-refractivity contribution < 1.29 is 29.1 Å². The van der Waals surface area contributed by atoms with Gasteiger partial charge in [-0.15, -0.1) is 0 Å². The molecule has 0 spiro atoms. The van der Waals surface area contributed by atoms with Crippen molar-refractivity contribution in [2.24, 2.45) is 0 Å². The van der Waals surface area contributed by atoms with Gasteiger partial charge < -0.3 is 24.4 Å². The van der Waals surface area contributed by atoms with E-state index in [9.17, 15) is 14.7 Å². The van der Waals surface area contributed by atoms with Gasteiger partial charge in [-0.1, -0.05) is 42.7 Å². The molecule has 1 aliphatic rings. The summed E-state index contributed by atoms with van der Waals surface area (Å²) in [7, 11) is 0. The standard InChI is InChI=1S/C30H38N2O5/c1-6-19-36-25-12-9-11-23(20-25)27-26(28(33)22-13-15-24(16-14-22)37-21(4)5)29(34)30(35)32(27)18-10-17-31(7-2)8-3/h6,9,11-16,20-21,27,33H,1,7-8,10,17-19H2,2-5H3. The zero-order valence-electron chi connectivity index (χ0n) is 22.3. The summed E-state index contributed by atoms with van der Waals surface area (Å²) < 4.78 is 11.4. The topological polar surface area (TPSA) is 83.3 Å². The molecule has 1 aliphatic heterocycles. The van der Waals surface area contributed by atoms with E-state index >= 15 is 0 Å². The van der Waals surface area contributed by atoms with Gasteiger partial charge in [-0.2, -0.15) is 0 Å². The number of hydrogen-bond acceptors (Lipinski definition) is 5. The molecular weight excluding hydrogens is 468 g/mol. The molecule has 0 aromatic heterocycles. The van der Waals surface area contributed by atoms with Crippen LogP contribution in [0.5, 0.6) is 11.5 Å². The number of ketones is 1. The Bertz CT molecular complexity index is 1120. The fourth-order valence-electron chi connectivity index (χ4n) is 4.59. The van der Waals surface area contributed by atoms with E-state index in [0.29, 0.717) is 35.8 Å². The van der Waals surface area contributed by atoms with Gasteiger partial charge in [0.1, 0.15) is 18.1 Å². The molecule has 37 heavy (non-hydrogen) atoms. The van der Waals surface area contributed by atoms with Crippen LogP contribution in [0.25, 0.3) is 5.76 Å². The van der Waals surface area contributed by atoms with Crippen molar-refractivity contribution >= 4 is 17.4 Å². The van der Waals surface area contributed by atoms with Gasteiger partial charge in [0.05, 0.1) is 31.8 Å². The molecule has 7 nitrogen and oxygen atoms in total. The van der Waals surface area contributed by atoms with Crippen molar-refractivity contribution in [1.29, 1.82) is 0 Å². The fourth-order valence-corrected chi connectivity index (χ4v) is 4.59. The fraction of sp³-hybridized carbons (Fsp3) is 0.400. The highest BCUT2D eigenvalue weighted by Gasteiger charge is 2.44. The molecule has 3 rings (SSSR count). The molecule has 1 fully saturated rings. The number of ether oxygens (including phenoxy) is 2. The number of Topliss-reactive ketones (excluding diaryl/α,β-unsaturated/α-hetero) is 1. The van der Waals surface area contributed by atoms with Crippen molar-refractivity contribution in [3.8, 4) is 11.5 Å².